The van der Waals surface area contributed by atoms with E-state index in [1.807, 2.05) is 24.3 Å². The molecule has 0 radical (unpaired) electrons. The lowest BCUT2D eigenvalue weighted by Crippen LogP contribution is -2.26. The van der Waals surface area contributed by atoms with E-state index < -0.39 is 0 Å². The first-order chi connectivity index (χ1) is 13.7. The Bertz CT molecular complexity index is 854. The molecular formula is C22H26N2O4. The van der Waals surface area contributed by atoms with E-state index in [9.17, 15) is 4.79 Å². The number of hydrogen-bond acceptors (Lipinski definition) is 6. The summed E-state index contributed by atoms with van der Waals surface area (Å²) < 4.78 is 17.0. The van der Waals surface area contributed by atoms with Gasteiger partial charge in [-0.1, -0.05) is 24.3 Å². The second-order valence-electron chi connectivity index (χ2n) is 7.26. The minimum atomic E-state index is 0.119. The van der Waals surface area contributed by atoms with Crippen LogP contribution in [0.1, 0.15) is 35.1 Å². The van der Waals surface area contributed by atoms with Crippen molar-refractivity contribution in [2.75, 3.05) is 33.0 Å². The zero-order valence-corrected chi connectivity index (χ0v) is 16.1. The maximum atomic E-state index is 11.3. The number of fused-ring (bicyclic) bond motifs is 1. The summed E-state index contributed by atoms with van der Waals surface area (Å²) in [6.45, 7) is 4.51. The van der Waals surface area contributed by atoms with E-state index in [0.717, 1.165) is 47.6 Å². The molecule has 0 saturated carbocycles. The van der Waals surface area contributed by atoms with Crippen LogP contribution in [0.2, 0.25) is 0 Å². The third-order valence-corrected chi connectivity index (χ3v) is 5.64. The molecule has 2 heterocycles. The van der Waals surface area contributed by atoms with E-state index in [1.54, 1.807) is 0 Å². The van der Waals surface area contributed by atoms with Crippen molar-refractivity contribution in [3.8, 4) is 17.2 Å². The topological polar surface area (TPSA) is 74.0 Å². The summed E-state index contributed by atoms with van der Waals surface area (Å²) in [7, 11) is 0. The molecule has 2 atom stereocenters. The average Bonchev–Trinajstić information content (AvgIpc) is 3.35. The van der Waals surface area contributed by atoms with Gasteiger partial charge in [-0.05, 0) is 42.5 Å². The number of nitrogens with zero attached hydrogens (tertiary/aromatic N) is 1. The highest BCUT2D eigenvalue weighted by molar-refractivity contribution is 5.54. The number of aldehydes is 1. The SMILES string of the molecule is Cc1c([C@@H]2C[C@H](c3ccccc3OCCN)N(CC=O)C2)ccc2c1OCO2. The third-order valence-electron chi connectivity index (χ3n) is 5.64. The molecule has 0 aromatic heterocycles. The number of carbonyl (C=O) groups is 1. The smallest absolute Gasteiger partial charge is 0.231 e. The Labute approximate surface area is 165 Å². The lowest BCUT2D eigenvalue weighted by molar-refractivity contribution is -0.109. The molecule has 0 amide bonds. The van der Waals surface area contributed by atoms with Crippen LogP contribution < -0.4 is 19.9 Å². The van der Waals surface area contributed by atoms with E-state index >= 15 is 0 Å². The van der Waals surface area contributed by atoms with Gasteiger partial charge >= 0.3 is 0 Å². The predicted molar refractivity (Wildman–Crippen MR) is 106 cm³/mol. The lowest BCUT2D eigenvalue weighted by Gasteiger charge is -2.24. The molecule has 2 aliphatic heterocycles. The van der Waals surface area contributed by atoms with E-state index in [1.165, 1.54) is 5.56 Å². The van der Waals surface area contributed by atoms with Crippen LogP contribution in [0.3, 0.4) is 0 Å². The average molecular weight is 382 g/mol. The van der Waals surface area contributed by atoms with Gasteiger partial charge in [0.05, 0.1) is 6.54 Å². The molecule has 1 fully saturated rings. The molecule has 1 saturated heterocycles. The Morgan fingerprint density at radius 3 is 2.89 bits per heavy atom. The van der Waals surface area contributed by atoms with Crippen LogP contribution in [0.15, 0.2) is 36.4 Å². The Morgan fingerprint density at radius 1 is 1.21 bits per heavy atom. The molecule has 148 valence electrons. The molecule has 2 aliphatic rings. The van der Waals surface area contributed by atoms with Gasteiger partial charge in [0, 0.05) is 24.7 Å². The quantitative estimate of drug-likeness (QED) is 0.743. The van der Waals surface area contributed by atoms with Gasteiger partial charge in [-0.15, -0.1) is 0 Å². The number of benzene rings is 2. The van der Waals surface area contributed by atoms with Gasteiger partial charge in [0.25, 0.3) is 0 Å². The molecule has 0 bridgehead atoms. The first kappa shape index (κ1) is 18.8. The number of rotatable bonds is 7. The minimum absolute atomic E-state index is 0.119. The van der Waals surface area contributed by atoms with Crippen LogP contribution in [-0.4, -0.2) is 44.2 Å². The summed E-state index contributed by atoms with van der Waals surface area (Å²) in [5.74, 6) is 2.80. The van der Waals surface area contributed by atoms with Crippen LogP contribution in [0.5, 0.6) is 17.2 Å². The van der Waals surface area contributed by atoms with Crippen LogP contribution in [0.25, 0.3) is 0 Å². The van der Waals surface area contributed by atoms with Crippen LogP contribution in [-0.2, 0) is 4.79 Å². The van der Waals surface area contributed by atoms with Crippen LogP contribution in [0, 0.1) is 6.92 Å². The molecule has 2 aromatic carbocycles. The maximum absolute atomic E-state index is 11.3. The van der Waals surface area contributed by atoms with E-state index in [-0.39, 0.29) is 12.8 Å². The van der Waals surface area contributed by atoms with Crippen molar-refractivity contribution in [1.82, 2.24) is 4.90 Å². The fourth-order valence-corrected chi connectivity index (χ4v) is 4.38. The second-order valence-corrected chi connectivity index (χ2v) is 7.26. The number of likely N-dealkylation sites (tertiary alicyclic amines) is 1. The van der Waals surface area contributed by atoms with Crippen molar-refractivity contribution in [2.24, 2.45) is 5.73 Å². The van der Waals surface area contributed by atoms with Gasteiger partial charge in [0.1, 0.15) is 18.6 Å². The van der Waals surface area contributed by atoms with Gasteiger partial charge in [-0.2, -0.15) is 0 Å². The first-order valence-corrected chi connectivity index (χ1v) is 9.71. The highest BCUT2D eigenvalue weighted by atomic mass is 16.7. The summed E-state index contributed by atoms with van der Waals surface area (Å²) in [4.78, 5) is 13.6. The number of hydrogen-bond donors (Lipinski definition) is 1. The van der Waals surface area contributed by atoms with Crippen LogP contribution in [0.4, 0.5) is 0 Å². The lowest BCUT2D eigenvalue weighted by atomic mass is 9.90. The van der Waals surface area contributed by atoms with E-state index in [2.05, 4.69) is 24.0 Å². The summed E-state index contributed by atoms with van der Waals surface area (Å²) in [6.07, 6.45) is 1.89. The van der Waals surface area contributed by atoms with E-state index in [4.69, 9.17) is 19.9 Å². The van der Waals surface area contributed by atoms with Gasteiger partial charge in [-0.3, -0.25) is 4.90 Å². The minimum Gasteiger partial charge on any atom is -0.492 e. The van der Waals surface area contributed by atoms with Crippen molar-refractivity contribution < 1.29 is 19.0 Å². The Hall–Kier alpha value is -2.57. The number of nitrogens with two attached hydrogens (primary N) is 1. The molecule has 2 N–H and O–H groups in total. The van der Waals surface area contributed by atoms with Crippen molar-refractivity contribution in [3.63, 3.8) is 0 Å². The molecular weight excluding hydrogens is 356 g/mol. The van der Waals surface area contributed by atoms with Crippen molar-refractivity contribution in [3.05, 3.63) is 53.1 Å². The number of para-hydroxylation sites is 1. The van der Waals surface area contributed by atoms with E-state index in [0.29, 0.717) is 25.6 Å². The van der Waals surface area contributed by atoms with Gasteiger partial charge in [0.2, 0.25) is 6.79 Å². The fraction of sp³-hybridized carbons (Fsp3) is 0.409. The summed E-state index contributed by atoms with van der Waals surface area (Å²) in [5.41, 5.74) is 9.10. The Balaban J connectivity index is 1.64. The molecule has 4 rings (SSSR count). The predicted octanol–water partition coefficient (Wildman–Crippen LogP) is 2.79. The van der Waals surface area contributed by atoms with Gasteiger partial charge < -0.3 is 24.7 Å². The summed E-state index contributed by atoms with van der Waals surface area (Å²) in [5, 5.41) is 0. The molecule has 2 aromatic rings. The Morgan fingerprint density at radius 2 is 2.07 bits per heavy atom. The highest BCUT2D eigenvalue weighted by Crippen LogP contribution is 2.46. The van der Waals surface area contributed by atoms with Crippen LogP contribution >= 0.6 is 0 Å². The second kappa shape index (κ2) is 8.20. The molecule has 28 heavy (non-hydrogen) atoms. The van der Waals surface area contributed by atoms with Crippen molar-refractivity contribution >= 4 is 6.29 Å². The van der Waals surface area contributed by atoms with Gasteiger partial charge in [-0.25, -0.2) is 0 Å². The van der Waals surface area contributed by atoms with Crippen molar-refractivity contribution in [1.29, 1.82) is 0 Å². The largest absolute Gasteiger partial charge is 0.492 e. The normalized spacial score (nSPS) is 21.1. The number of ether oxygens (including phenoxy) is 3. The summed E-state index contributed by atoms with van der Waals surface area (Å²) >= 11 is 0. The number of carbonyl (C=O) groups excluding carboxylic acids is 1. The zero-order valence-electron chi connectivity index (χ0n) is 16.1. The molecule has 0 unspecified atom stereocenters. The standard InChI is InChI=1S/C22H26N2O4/c1-15-17(6-7-21-22(15)28-14-27-21)16-12-19(24(13-16)9-10-25)18-4-2-3-5-20(18)26-11-8-23/h2-7,10,16,19H,8-9,11-14,23H2,1H3/t16-,19-/m1/s1. The highest BCUT2D eigenvalue weighted by Gasteiger charge is 2.36. The summed E-state index contributed by atoms with van der Waals surface area (Å²) in [6, 6.07) is 12.3. The zero-order chi connectivity index (χ0) is 19.5. The van der Waals surface area contributed by atoms with Gasteiger partial charge in [0.15, 0.2) is 11.5 Å². The third kappa shape index (κ3) is 3.45. The monoisotopic (exact) mass is 382 g/mol. The van der Waals surface area contributed by atoms with Crippen molar-refractivity contribution in [2.45, 2.75) is 25.3 Å². The first-order valence-electron chi connectivity index (χ1n) is 9.71. The molecule has 6 heteroatoms. The molecule has 0 spiro atoms. The Kier molecular flexibility index (Phi) is 5.50. The molecule has 0 aliphatic carbocycles. The fourth-order valence-electron chi connectivity index (χ4n) is 4.38. The maximum Gasteiger partial charge on any atom is 0.231 e. The molecule has 6 nitrogen and oxygen atoms in total.